The zero-order valence-corrected chi connectivity index (χ0v) is 18.0. The Morgan fingerprint density at radius 2 is 1.57 bits per heavy atom. The summed E-state index contributed by atoms with van der Waals surface area (Å²) in [7, 11) is 3.11. The van der Waals surface area contributed by atoms with Crippen LogP contribution >= 0.6 is 0 Å². The van der Waals surface area contributed by atoms with Gasteiger partial charge in [-0.2, -0.15) is 0 Å². The van der Waals surface area contributed by atoms with Gasteiger partial charge in [-0.15, -0.1) is 0 Å². The summed E-state index contributed by atoms with van der Waals surface area (Å²) in [6.45, 7) is 4.30. The summed E-state index contributed by atoms with van der Waals surface area (Å²) in [5.74, 6) is 2.43. The number of methoxy groups -OCH3 is 2. The average molecular weight is 405 g/mol. The van der Waals surface area contributed by atoms with Gasteiger partial charge in [0, 0.05) is 17.5 Å². The number of carbonyl (C=O) groups excluding carboxylic acids is 1. The highest BCUT2D eigenvalue weighted by Crippen LogP contribution is 2.37. The first-order valence-corrected chi connectivity index (χ1v) is 10.1. The summed E-state index contributed by atoms with van der Waals surface area (Å²) in [6.07, 6.45) is 1.01. The molecule has 3 aromatic carbocycles. The lowest BCUT2D eigenvalue weighted by Crippen LogP contribution is -2.04. The molecule has 4 nitrogen and oxygen atoms in total. The zero-order chi connectivity index (χ0) is 21.5. The van der Waals surface area contributed by atoms with E-state index in [0.29, 0.717) is 11.7 Å². The standard InChI is InChI=1S/C26H28O4/c1-18(2)24-17-23(30-22-12-10-20(11-13-22)15-25(27)28-3)16-21(26(24)29-4)14-19-8-6-5-7-9-19/h5-13,16-18H,14-15H2,1-4H3. The van der Waals surface area contributed by atoms with Gasteiger partial charge in [-0.05, 0) is 41.3 Å². The molecule has 0 aliphatic heterocycles. The second-order valence-electron chi connectivity index (χ2n) is 7.52. The molecule has 0 amide bonds. The van der Waals surface area contributed by atoms with Crippen molar-refractivity contribution in [2.45, 2.75) is 32.6 Å². The number of benzene rings is 3. The predicted octanol–water partition coefficient (Wildman–Crippen LogP) is 5.92. The van der Waals surface area contributed by atoms with Crippen LogP contribution in [0.25, 0.3) is 0 Å². The molecule has 30 heavy (non-hydrogen) atoms. The van der Waals surface area contributed by atoms with Crippen molar-refractivity contribution in [2.75, 3.05) is 14.2 Å². The van der Waals surface area contributed by atoms with Crippen LogP contribution in [-0.2, 0) is 22.4 Å². The Balaban J connectivity index is 1.89. The fraction of sp³-hybridized carbons (Fsp3) is 0.269. The molecule has 0 saturated carbocycles. The van der Waals surface area contributed by atoms with Gasteiger partial charge in [0.2, 0.25) is 0 Å². The lowest BCUT2D eigenvalue weighted by atomic mass is 9.95. The highest BCUT2D eigenvalue weighted by Gasteiger charge is 2.16. The first kappa shape index (κ1) is 21.4. The number of rotatable bonds is 8. The van der Waals surface area contributed by atoms with Crippen molar-refractivity contribution in [1.29, 1.82) is 0 Å². The van der Waals surface area contributed by atoms with Gasteiger partial charge in [0.05, 0.1) is 20.6 Å². The van der Waals surface area contributed by atoms with E-state index in [0.717, 1.165) is 34.6 Å². The molecule has 0 atom stereocenters. The highest BCUT2D eigenvalue weighted by atomic mass is 16.5. The van der Waals surface area contributed by atoms with E-state index in [1.807, 2.05) is 54.6 Å². The summed E-state index contributed by atoms with van der Waals surface area (Å²) in [5.41, 5.74) is 4.31. The molecule has 0 saturated heterocycles. The van der Waals surface area contributed by atoms with Crippen molar-refractivity contribution in [2.24, 2.45) is 0 Å². The van der Waals surface area contributed by atoms with E-state index >= 15 is 0 Å². The minimum Gasteiger partial charge on any atom is -0.496 e. The van der Waals surface area contributed by atoms with Crippen molar-refractivity contribution in [3.05, 3.63) is 89.0 Å². The second kappa shape index (κ2) is 9.97. The Labute approximate surface area is 178 Å². The largest absolute Gasteiger partial charge is 0.496 e. The second-order valence-corrected chi connectivity index (χ2v) is 7.52. The molecule has 0 aliphatic rings. The smallest absolute Gasteiger partial charge is 0.309 e. The van der Waals surface area contributed by atoms with Crippen LogP contribution in [-0.4, -0.2) is 20.2 Å². The molecular weight excluding hydrogens is 376 g/mol. The third kappa shape index (κ3) is 5.41. The van der Waals surface area contributed by atoms with Gasteiger partial charge < -0.3 is 14.2 Å². The van der Waals surface area contributed by atoms with E-state index in [1.54, 1.807) is 7.11 Å². The number of hydrogen-bond donors (Lipinski definition) is 0. The average Bonchev–Trinajstić information content (AvgIpc) is 2.75. The fourth-order valence-corrected chi connectivity index (χ4v) is 3.42. The Hall–Kier alpha value is -3.27. The molecule has 0 aromatic heterocycles. The number of ether oxygens (including phenoxy) is 3. The molecule has 0 N–H and O–H groups in total. The number of carbonyl (C=O) groups is 1. The van der Waals surface area contributed by atoms with Crippen LogP contribution in [0.5, 0.6) is 17.2 Å². The first-order chi connectivity index (χ1) is 14.5. The van der Waals surface area contributed by atoms with Crippen molar-refractivity contribution in [3.8, 4) is 17.2 Å². The third-order valence-electron chi connectivity index (χ3n) is 4.97. The molecule has 0 heterocycles. The molecule has 0 bridgehead atoms. The Kier molecular flexibility index (Phi) is 7.12. The SMILES string of the molecule is COC(=O)Cc1ccc(Oc2cc(Cc3ccccc3)c(OC)c(C(C)C)c2)cc1. The Morgan fingerprint density at radius 3 is 2.17 bits per heavy atom. The lowest BCUT2D eigenvalue weighted by Gasteiger charge is -2.19. The normalized spacial score (nSPS) is 10.7. The van der Waals surface area contributed by atoms with Crippen molar-refractivity contribution in [1.82, 2.24) is 0 Å². The molecular formula is C26H28O4. The molecule has 0 fully saturated rings. The molecule has 0 unspecified atom stereocenters. The third-order valence-corrected chi connectivity index (χ3v) is 4.97. The van der Waals surface area contributed by atoms with Crippen LogP contribution in [0.3, 0.4) is 0 Å². The molecule has 0 spiro atoms. The summed E-state index contributed by atoms with van der Waals surface area (Å²) < 4.78 is 16.7. The molecule has 3 aromatic rings. The van der Waals surface area contributed by atoms with Gasteiger partial charge >= 0.3 is 5.97 Å². The van der Waals surface area contributed by atoms with Crippen LogP contribution < -0.4 is 9.47 Å². The van der Waals surface area contributed by atoms with E-state index in [1.165, 1.54) is 12.7 Å². The van der Waals surface area contributed by atoms with Crippen LogP contribution in [0, 0.1) is 0 Å². The fourth-order valence-electron chi connectivity index (χ4n) is 3.42. The van der Waals surface area contributed by atoms with Crippen LogP contribution in [0.2, 0.25) is 0 Å². The minimum atomic E-state index is -0.258. The topological polar surface area (TPSA) is 44.8 Å². The van der Waals surface area contributed by atoms with Gasteiger partial charge in [-0.3, -0.25) is 4.79 Å². The maximum Gasteiger partial charge on any atom is 0.309 e. The van der Waals surface area contributed by atoms with E-state index in [2.05, 4.69) is 26.0 Å². The molecule has 4 heteroatoms. The van der Waals surface area contributed by atoms with E-state index in [4.69, 9.17) is 14.2 Å². The van der Waals surface area contributed by atoms with Crippen LogP contribution in [0.1, 0.15) is 42.0 Å². The van der Waals surface area contributed by atoms with Crippen LogP contribution in [0.4, 0.5) is 0 Å². The van der Waals surface area contributed by atoms with Gasteiger partial charge in [0.15, 0.2) is 0 Å². The quantitative estimate of drug-likeness (QED) is 0.437. The predicted molar refractivity (Wildman–Crippen MR) is 119 cm³/mol. The summed E-state index contributed by atoms with van der Waals surface area (Å²) in [4.78, 5) is 11.4. The monoisotopic (exact) mass is 404 g/mol. The van der Waals surface area contributed by atoms with Gasteiger partial charge in [-0.25, -0.2) is 0 Å². The number of hydrogen-bond acceptors (Lipinski definition) is 4. The summed E-state index contributed by atoms with van der Waals surface area (Å²) >= 11 is 0. The Morgan fingerprint density at radius 1 is 0.867 bits per heavy atom. The van der Waals surface area contributed by atoms with Gasteiger partial charge in [0.25, 0.3) is 0 Å². The molecule has 156 valence electrons. The lowest BCUT2D eigenvalue weighted by molar-refractivity contribution is -0.139. The summed E-state index contributed by atoms with van der Waals surface area (Å²) in [6, 6.07) is 21.9. The number of esters is 1. The van der Waals surface area contributed by atoms with Crippen molar-refractivity contribution < 1.29 is 19.0 Å². The molecule has 0 aliphatic carbocycles. The zero-order valence-electron chi connectivity index (χ0n) is 18.0. The van der Waals surface area contributed by atoms with Crippen molar-refractivity contribution >= 4 is 5.97 Å². The van der Waals surface area contributed by atoms with E-state index < -0.39 is 0 Å². The van der Waals surface area contributed by atoms with E-state index in [9.17, 15) is 4.79 Å². The van der Waals surface area contributed by atoms with Crippen LogP contribution in [0.15, 0.2) is 66.7 Å². The molecule has 3 rings (SSSR count). The van der Waals surface area contributed by atoms with Crippen molar-refractivity contribution in [3.63, 3.8) is 0 Å². The first-order valence-electron chi connectivity index (χ1n) is 10.1. The maximum absolute atomic E-state index is 11.4. The van der Waals surface area contributed by atoms with Gasteiger partial charge in [0.1, 0.15) is 17.2 Å². The maximum atomic E-state index is 11.4. The van der Waals surface area contributed by atoms with Gasteiger partial charge in [-0.1, -0.05) is 56.3 Å². The highest BCUT2D eigenvalue weighted by molar-refractivity contribution is 5.72. The molecule has 0 radical (unpaired) electrons. The minimum absolute atomic E-state index is 0.248. The summed E-state index contributed by atoms with van der Waals surface area (Å²) in [5, 5.41) is 0. The van der Waals surface area contributed by atoms with E-state index in [-0.39, 0.29) is 12.4 Å². The Bertz CT molecular complexity index is 976.